The van der Waals surface area contributed by atoms with Crippen LogP contribution in [-0.4, -0.2) is 9.97 Å². The van der Waals surface area contributed by atoms with E-state index in [9.17, 15) is 0 Å². The molecule has 0 aliphatic heterocycles. The van der Waals surface area contributed by atoms with Gasteiger partial charge in [-0.25, -0.2) is 14.4 Å². The average molecular weight is 423 g/mol. The smallest absolute Gasteiger partial charge is 0.223 e. The van der Waals surface area contributed by atoms with Gasteiger partial charge in [0.15, 0.2) is 11.6 Å². The summed E-state index contributed by atoms with van der Waals surface area (Å²) in [6.07, 6.45) is 2.23. The van der Waals surface area contributed by atoms with Gasteiger partial charge in [0.05, 0.1) is 16.8 Å². The molecule has 148 valence electrons. The molecule has 0 bridgehead atoms. The maximum atomic E-state index is 15.2. The van der Waals surface area contributed by atoms with E-state index in [0.717, 1.165) is 0 Å². The summed E-state index contributed by atoms with van der Waals surface area (Å²) in [5.41, 5.74) is 6.74. The van der Waals surface area contributed by atoms with Crippen molar-refractivity contribution in [1.29, 1.82) is 0 Å². The van der Waals surface area contributed by atoms with Gasteiger partial charge in [-0.05, 0) is 30.7 Å². The lowest BCUT2D eigenvalue weighted by molar-refractivity contribution is 0.435. The third kappa shape index (κ3) is 5.10. The normalized spacial score (nSPS) is 11.4. The minimum absolute atomic E-state index is 0. The molecule has 0 saturated carbocycles. The minimum atomic E-state index is -0.513. The number of ether oxygens (including phenoxy) is 1. The quantitative estimate of drug-likeness (QED) is 0.525. The molecule has 5 nitrogen and oxygen atoms in total. The molecule has 0 spiro atoms. The number of halogens is 3. The molecule has 2 aromatic carbocycles. The van der Waals surface area contributed by atoms with Gasteiger partial charge in [-0.3, -0.25) is 0 Å². The lowest BCUT2D eigenvalue weighted by Gasteiger charge is -2.20. The third-order valence-electron chi connectivity index (χ3n) is 4.05. The second-order valence-corrected chi connectivity index (χ2v) is 6.28. The van der Waals surface area contributed by atoms with E-state index in [1.165, 1.54) is 0 Å². The van der Waals surface area contributed by atoms with Gasteiger partial charge in [0.1, 0.15) is 5.75 Å². The van der Waals surface area contributed by atoms with Crippen LogP contribution in [0.1, 0.15) is 30.6 Å². The van der Waals surface area contributed by atoms with Crippen LogP contribution in [0.2, 0.25) is 5.02 Å². The maximum Gasteiger partial charge on any atom is 0.223 e. The van der Waals surface area contributed by atoms with Gasteiger partial charge in [-0.1, -0.05) is 42.8 Å². The zero-order valence-corrected chi connectivity index (χ0v) is 16.8. The third-order valence-corrected chi connectivity index (χ3v) is 4.35. The van der Waals surface area contributed by atoms with Crippen LogP contribution >= 0.6 is 24.0 Å². The van der Waals surface area contributed by atoms with Gasteiger partial charge in [0.25, 0.3) is 0 Å². The van der Waals surface area contributed by atoms with Gasteiger partial charge < -0.3 is 15.8 Å². The van der Waals surface area contributed by atoms with E-state index in [1.54, 1.807) is 36.5 Å². The monoisotopic (exact) mass is 422 g/mol. The fourth-order valence-corrected chi connectivity index (χ4v) is 2.84. The molecule has 0 aliphatic rings. The molecule has 3 N–H and O–H groups in total. The zero-order valence-electron chi connectivity index (χ0n) is 15.2. The maximum absolute atomic E-state index is 15.2. The largest absolute Gasteiger partial charge is 0.453 e. The summed E-state index contributed by atoms with van der Waals surface area (Å²) < 4.78 is 20.9. The SMILES string of the molecule is CC[C@@H](Nc1nccc(CN)n1)c1ccc(Cl)c(Oc2ccccc2)c1F.Cl. The molecule has 3 rings (SSSR count). The summed E-state index contributed by atoms with van der Waals surface area (Å²) in [6.45, 7) is 2.24. The first-order valence-electron chi connectivity index (χ1n) is 8.61. The van der Waals surface area contributed by atoms with E-state index in [0.29, 0.717) is 35.9 Å². The molecule has 1 aromatic heterocycles. The summed E-state index contributed by atoms with van der Waals surface area (Å²) in [7, 11) is 0. The number of nitrogens with one attached hydrogen (secondary N) is 1. The van der Waals surface area contributed by atoms with Crippen LogP contribution in [0.5, 0.6) is 11.5 Å². The lowest BCUT2D eigenvalue weighted by Crippen LogP contribution is -2.15. The predicted octanol–water partition coefficient (Wildman–Crippen LogP) is 5.51. The van der Waals surface area contributed by atoms with E-state index in [-0.39, 0.29) is 29.2 Å². The molecule has 3 aromatic rings. The second kappa shape index (κ2) is 10.2. The number of anilines is 1. The highest BCUT2D eigenvalue weighted by molar-refractivity contribution is 6.32. The minimum Gasteiger partial charge on any atom is -0.453 e. The van der Waals surface area contributed by atoms with Crippen molar-refractivity contribution in [3.05, 3.63) is 76.8 Å². The predicted molar refractivity (Wildman–Crippen MR) is 112 cm³/mol. The molecule has 0 radical (unpaired) electrons. The van der Waals surface area contributed by atoms with Crippen LogP contribution < -0.4 is 15.8 Å². The van der Waals surface area contributed by atoms with Crippen molar-refractivity contribution in [2.45, 2.75) is 25.9 Å². The van der Waals surface area contributed by atoms with Gasteiger partial charge in [-0.2, -0.15) is 0 Å². The van der Waals surface area contributed by atoms with Crippen LogP contribution in [0.4, 0.5) is 10.3 Å². The van der Waals surface area contributed by atoms with Crippen LogP contribution in [0.15, 0.2) is 54.7 Å². The number of benzene rings is 2. The van der Waals surface area contributed by atoms with E-state index in [2.05, 4.69) is 15.3 Å². The average Bonchev–Trinajstić information content (AvgIpc) is 2.71. The summed E-state index contributed by atoms with van der Waals surface area (Å²) in [4.78, 5) is 8.50. The lowest BCUT2D eigenvalue weighted by atomic mass is 10.0. The summed E-state index contributed by atoms with van der Waals surface area (Å²) in [5, 5.41) is 3.36. The highest BCUT2D eigenvalue weighted by Crippen LogP contribution is 2.37. The molecule has 0 unspecified atom stereocenters. The van der Waals surface area contributed by atoms with Gasteiger partial charge in [0.2, 0.25) is 5.95 Å². The van der Waals surface area contributed by atoms with Crippen LogP contribution in [0.3, 0.4) is 0 Å². The van der Waals surface area contributed by atoms with E-state index < -0.39 is 5.82 Å². The van der Waals surface area contributed by atoms with E-state index >= 15 is 4.39 Å². The first-order valence-corrected chi connectivity index (χ1v) is 8.99. The zero-order chi connectivity index (χ0) is 19.2. The van der Waals surface area contributed by atoms with Crippen molar-refractivity contribution in [2.75, 3.05) is 5.32 Å². The first kappa shape index (κ1) is 21.9. The summed E-state index contributed by atoms with van der Waals surface area (Å²) in [5.74, 6) is 0.387. The highest BCUT2D eigenvalue weighted by Gasteiger charge is 2.21. The van der Waals surface area contributed by atoms with E-state index in [1.807, 2.05) is 25.1 Å². The van der Waals surface area contributed by atoms with Crippen molar-refractivity contribution in [2.24, 2.45) is 5.73 Å². The fourth-order valence-electron chi connectivity index (χ4n) is 2.65. The number of nitrogens with two attached hydrogens (primary N) is 1. The van der Waals surface area contributed by atoms with Gasteiger partial charge in [0, 0.05) is 18.3 Å². The van der Waals surface area contributed by atoms with Crippen molar-refractivity contribution in [1.82, 2.24) is 9.97 Å². The molecule has 28 heavy (non-hydrogen) atoms. The molecule has 0 amide bonds. The molecule has 1 heterocycles. The molecular formula is C20H21Cl2FN4O. The van der Waals surface area contributed by atoms with Crippen molar-refractivity contribution < 1.29 is 9.13 Å². The topological polar surface area (TPSA) is 73.1 Å². The van der Waals surface area contributed by atoms with Crippen molar-refractivity contribution >= 4 is 30.0 Å². The number of hydrogen-bond donors (Lipinski definition) is 2. The van der Waals surface area contributed by atoms with Crippen molar-refractivity contribution in [3.8, 4) is 11.5 Å². The molecule has 1 atom stereocenters. The van der Waals surface area contributed by atoms with Crippen LogP contribution in [0.25, 0.3) is 0 Å². The Hall–Kier alpha value is -2.41. The van der Waals surface area contributed by atoms with Crippen LogP contribution in [-0.2, 0) is 6.54 Å². The molecular weight excluding hydrogens is 402 g/mol. The summed E-state index contributed by atoms with van der Waals surface area (Å²) >= 11 is 6.18. The Morgan fingerprint density at radius 2 is 1.93 bits per heavy atom. The Balaban J connectivity index is 0.00000280. The Morgan fingerprint density at radius 3 is 2.61 bits per heavy atom. The number of aromatic nitrogens is 2. The molecule has 8 heteroatoms. The number of hydrogen-bond acceptors (Lipinski definition) is 5. The Labute approximate surface area is 174 Å². The summed E-state index contributed by atoms with van der Waals surface area (Å²) in [6, 6.07) is 13.6. The van der Waals surface area contributed by atoms with Crippen molar-refractivity contribution in [3.63, 3.8) is 0 Å². The molecule has 0 aliphatic carbocycles. The number of rotatable bonds is 7. The Kier molecular flexibility index (Phi) is 7.99. The number of nitrogens with zero attached hydrogens (tertiary/aromatic N) is 2. The second-order valence-electron chi connectivity index (χ2n) is 5.88. The first-order chi connectivity index (χ1) is 13.1. The molecule has 0 saturated heterocycles. The van der Waals surface area contributed by atoms with E-state index in [4.69, 9.17) is 22.1 Å². The van der Waals surface area contributed by atoms with Gasteiger partial charge in [-0.15, -0.1) is 12.4 Å². The Morgan fingerprint density at radius 1 is 1.18 bits per heavy atom. The van der Waals surface area contributed by atoms with Crippen LogP contribution in [0, 0.1) is 5.82 Å². The standard InChI is InChI=1S/C20H20ClFN4O.ClH/c1-2-17(26-20-24-11-10-13(12-23)25-20)15-8-9-16(21)19(18(15)22)27-14-6-4-3-5-7-14;/h3-11,17H,2,12,23H2,1H3,(H,24,25,26);1H/t17-;/m1./s1. The number of para-hydroxylation sites is 1. The molecule has 0 fully saturated rings. The fraction of sp³-hybridized carbons (Fsp3) is 0.200. The highest BCUT2D eigenvalue weighted by atomic mass is 35.5. The Bertz CT molecular complexity index is 912. The van der Waals surface area contributed by atoms with Gasteiger partial charge >= 0.3 is 0 Å².